The highest BCUT2D eigenvalue weighted by molar-refractivity contribution is 7.80. The minimum Gasteiger partial charge on any atom is -0.372 e. The zero-order valence-electron chi connectivity index (χ0n) is 15.6. The van der Waals surface area contributed by atoms with Crippen molar-refractivity contribution >= 4 is 28.7 Å². The third-order valence-electron chi connectivity index (χ3n) is 5.09. The van der Waals surface area contributed by atoms with Crippen molar-refractivity contribution in [2.75, 3.05) is 23.3 Å². The van der Waals surface area contributed by atoms with Crippen molar-refractivity contribution in [1.29, 1.82) is 0 Å². The second-order valence-electron chi connectivity index (χ2n) is 7.18. The Morgan fingerprint density at radius 3 is 2.26 bits per heavy atom. The highest BCUT2D eigenvalue weighted by atomic mass is 32.1. The lowest BCUT2D eigenvalue weighted by Crippen LogP contribution is -2.33. The summed E-state index contributed by atoms with van der Waals surface area (Å²) in [5, 5.41) is 5.87. The molecule has 0 saturated carbocycles. The molecule has 0 unspecified atom stereocenters. The maximum absolute atomic E-state index is 13.7. The van der Waals surface area contributed by atoms with Crippen LogP contribution in [0.25, 0.3) is 0 Å². The van der Waals surface area contributed by atoms with E-state index in [-0.39, 0.29) is 16.8 Å². The van der Waals surface area contributed by atoms with E-state index in [0.717, 1.165) is 24.6 Å². The molecule has 2 aromatic rings. The SMILES string of the molecule is CC1CCN(c2ccc([C@H](C)NC(=S)Nc3c(F)cccc3F)cc2)CC1. The van der Waals surface area contributed by atoms with E-state index in [9.17, 15) is 8.78 Å². The summed E-state index contributed by atoms with van der Waals surface area (Å²) in [6.45, 7) is 6.45. The standard InChI is InChI=1S/C21H25F2N3S/c1-14-10-12-26(13-11-14)17-8-6-16(7-9-17)15(2)24-21(27)25-20-18(22)4-3-5-19(20)23/h3-9,14-15H,10-13H2,1-2H3,(H2,24,25,27)/t15-/m0/s1. The number of benzene rings is 2. The monoisotopic (exact) mass is 389 g/mol. The van der Waals surface area contributed by atoms with Gasteiger partial charge in [-0.25, -0.2) is 8.78 Å². The van der Waals surface area contributed by atoms with Crippen LogP contribution in [0, 0.1) is 17.6 Å². The van der Waals surface area contributed by atoms with E-state index >= 15 is 0 Å². The normalized spacial score (nSPS) is 16.1. The first-order chi connectivity index (χ1) is 12.9. The number of rotatable bonds is 4. The van der Waals surface area contributed by atoms with Crippen molar-refractivity contribution < 1.29 is 8.78 Å². The summed E-state index contributed by atoms with van der Waals surface area (Å²) in [6, 6.07) is 12.0. The zero-order chi connectivity index (χ0) is 19.4. The maximum Gasteiger partial charge on any atom is 0.171 e. The van der Waals surface area contributed by atoms with Crippen molar-refractivity contribution in [2.24, 2.45) is 5.92 Å². The molecule has 3 nitrogen and oxygen atoms in total. The van der Waals surface area contributed by atoms with Crippen LogP contribution in [0.2, 0.25) is 0 Å². The summed E-state index contributed by atoms with van der Waals surface area (Å²) in [5.41, 5.74) is 2.05. The molecule has 0 aromatic heterocycles. The number of halogens is 2. The molecule has 1 fully saturated rings. The largest absolute Gasteiger partial charge is 0.372 e. The maximum atomic E-state index is 13.7. The number of nitrogens with one attached hydrogen (secondary N) is 2. The third-order valence-corrected chi connectivity index (χ3v) is 5.31. The lowest BCUT2D eigenvalue weighted by Gasteiger charge is -2.32. The number of hydrogen-bond acceptors (Lipinski definition) is 2. The second-order valence-corrected chi connectivity index (χ2v) is 7.59. The van der Waals surface area contributed by atoms with Gasteiger partial charge in [0.1, 0.15) is 17.3 Å². The molecule has 1 atom stereocenters. The van der Waals surface area contributed by atoms with Gasteiger partial charge in [0.15, 0.2) is 5.11 Å². The van der Waals surface area contributed by atoms with Crippen molar-refractivity contribution in [3.8, 4) is 0 Å². The number of thiocarbonyl (C=S) groups is 1. The summed E-state index contributed by atoms with van der Waals surface area (Å²) in [5.74, 6) is -0.545. The fraction of sp³-hybridized carbons (Fsp3) is 0.381. The summed E-state index contributed by atoms with van der Waals surface area (Å²) < 4.78 is 27.4. The highest BCUT2D eigenvalue weighted by Gasteiger charge is 2.17. The molecule has 3 rings (SSSR count). The Morgan fingerprint density at radius 2 is 1.67 bits per heavy atom. The minimum absolute atomic E-state index is 0.0877. The van der Waals surface area contributed by atoms with E-state index in [1.54, 1.807) is 0 Å². The molecule has 2 N–H and O–H groups in total. The van der Waals surface area contributed by atoms with Gasteiger partial charge in [-0.1, -0.05) is 25.1 Å². The van der Waals surface area contributed by atoms with E-state index in [1.807, 2.05) is 6.92 Å². The predicted octanol–water partition coefficient (Wildman–Crippen LogP) is 5.25. The molecule has 1 aliphatic heterocycles. The van der Waals surface area contributed by atoms with E-state index in [4.69, 9.17) is 12.2 Å². The molecule has 6 heteroatoms. The van der Waals surface area contributed by atoms with Crippen LogP contribution in [0.15, 0.2) is 42.5 Å². The Labute approximate surface area is 164 Å². The van der Waals surface area contributed by atoms with E-state index in [1.165, 1.54) is 36.7 Å². The van der Waals surface area contributed by atoms with Crippen LogP contribution in [0.1, 0.15) is 38.3 Å². The molecule has 1 saturated heterocycles. The first-order valence-electron chi connectivity index (χ1n) is 9.30. The summed E-state index contributed by atoms with van der Waals surface area (Å²) in [7, 11) is 0. The summed E-state index contributed by atoms with van der Waals surface area (Å²) in [6.07, 6.45) is 2.46. The minimum atomic E-state index is -0.674. The van der Waals surface area contributed by atoms with E-state index in [0.29, 0.717) is 0 Å². The summed E-state index contributed by atoms with van der Waals surface area (Å²) >= 11 is 5.21. The van der Waals surface area contributed by atoms with Crippen LogP contribution < -0.4 is 15.5 Å². The quantitative estimate of drug-likeness (QED) is 0.699. The van der Waals surface area contributed by atoms with Crippen LogP contribution >= 0.6 is 12.2 Å². The number of piperidine rings is 1. The first-order valence-corrected chi connectivity index (χ1v) is 9.71. The molecular weight excluding hydrogens is 364 g/mol. The number of anilines is 2. The van der Waals surface area contributed by atoms with Gasteiger partial charge in [-0.05, 0) is 67.7 Å². The summed E-state index contributed by atoms with van der Waals surface area (Å²) in [4.78, 5) is 2.41. The molecule has 0 aliphatic carbocycles. The van der Waals surface area contributed by atoms with Crippen LogP contribution in [-0.4, -0.2) is 18.2 Å². The van der Waals surface area contributed by atoms with Gasteiger partial charge in [0.25, 0.3) is 0 Å². The van der Waals surface area contributed by atoms with Crippen molar-refractivity contribution in [3.63, 3.8) is 0 Å². The zero-order valence-corrected chi connectivity index (χ0v) is 16.5. The molecule has 1 heterocycles. The molecule has 0 spiro atoms. The Hall–Kier alpha value is -2.21. The van der Waals surface area contributed by atoms with E-state index in [2.05, 4.69) is 46.7 Å². The second kappa shape index (κ2) is 8.65. The van der Waals surface area contributed by atoms with Crippen LogP contribution in [0.3, 0.4) is 0 Å². The molecule has 144 valence electrons. The molecule has 0 bridgehead atoms. The van der Waals surface area contributed by atoms with E-state index < -0.39 is 11.6 Å². The Morgan fingerprint density at radius 1 is 1.07 bits per heavy atom. The first kappa shape index (κ1) is 19.5. The topological polar surface area (TPSA) is 27.3 Å². The fourth-order valence-electron chi connectivity index (χ4n) is 3.29. The van der Waals surface area contributed by atoms with Gasteiger partial charge in [0.2, 0.25) is 0 Å². The fourth-order valence-corrected chi connectivity index (χ4v) is 3.57. The molecular formula is C21H25F2N3S. The molecule has 2 aromatic carbocycles. The van der Waals surface area contributed by atoms with Crippen LogP contribution in [0.4, 0.5) is 20.2 Å². The smallest absolute Gasteiger partial charge is 0.171 e. The molecule has 0 radical (unpaired) electrons. The van der Waals surface area contributed by atoms with Crippen molar-refractivity contribution in [3.05, 3.63) is 59.7 Å². The van der Waals surface area contributed by atoms with Crippen LogP contribution in [0.5, 0.6) is 0 Å². The Kier molecular flexibility index (Phi) is 6.26. The van der Waals surface area contributed by atoms with Crippen LogP contribution in [-0.2, 0) is 0 Å². The van der Waals surface area contributed by atoms with Crippen molar-refractivity contribution in [1.82, 2.24) is 5.32 Å². The number of nitrogens with zero attached hydrogens (tertiary/aromatic N) is 1. The van der Waals surface area contributed by atoms with Gasteiger partial charge in [0, 0.05) is 18.8 Å². The number of para-hydroxylation sites is 1. The van der Waals surface area contributed by atoms with Crippen molar-refractivity contribution in [2.45, 2.75) is 32.7 Å². The highest BCUT2D eigenvalue weighted by Crippen LogP contribution is 2.25. The lowest BCUT2D eigenvalue weighted by molar-refractivity contribution is 0.438. The average molecular weight is 390 g/mol. The lowest BCUT2D eigenvalue weighted by atomic mass is 9.98. The van der Waals surface area contributed by atoms with Gasteiger partial charge in [-0.3, -0.25) is 0 Å². The van der Waals surface area contributed by atoms with Gasteiger partial charge in [-0.2, -0.15) is 0 Å². The Bertz CT molecular complexity index is 766. The third kappa shape index (κ3) is 4.95. The van der Waals surface area contributed by atoms with Gasteiger partial charge >= 0.3 is 0 Å². The van der Waals surface area contributed by atoms with Gasteiger partial charge in [0.05, 0.1) is 6.04 Å². The Balaban J connectivity index is 1.59. The predicted molar refractivity (Wildman–Crippen MR) is 111 cm³/mol. The molecule has 27 heavy (non-hydrogen) atoms. The van der Waals surface area contributed by atoms with Gasteiger partial charge < -0.3 is 15.5 Å². The van der Waals surface area contributed by atoms with Gasteiger partial charge in [-0.15, -0.1) is 0 Å². The molecule has 1 aliphatic rings. The molecule has 0 amide bonds. The average Bonchev–Trinajstić information content (AvgIpc) is 2.65. The number of hydrogen-bond donors (Lipinski definition) is 2.